The minimum absolute atomic E-state index is 0.0420. The molecule has 0 radical (unpaired) electrons. The quantitative estimate of drug-likeness (QED) is 0.346. The predicted molar refractivity (Wildman–Crippen MR) is 103 cm³/mol. The summed E-state index contributed by atoms with van der Waals surface area (Å²) in [6.45, 7) is 5.09. The topological polar surface area (TPSA) is 87.3 Å². The van der Waals surface area contributed by atoms with Crippen LogP contribution in [-0.2, 0) is 21.1 Å². The van der Waals surface area contributed by atoms with E-state index in [1.54, 1.807) is 39.0 Å². The Hall–Kier alpha value is -3.43. The number of nitrogens with zero attached hydrogens (tertiary/aromatic N) is 3. The number of esters is 1. The van der Waals surface area contributed by atoms with Gasteiger partial charge in [0.1, 0.15) is 0 Å². The molecule has 3 rings (SSSR count). The summed E-state index contributed by atoms with van der Waals surface area (Å²) in [6, 6.07) is 6.52. The van der Waals surface area contributed by atoms with Crippen LogP contribution in [0.3, 0.4) is 0 Å². The van der Waals surface area contributed by atoms with Gasteiger partial charge in [-0.15, -0.1) is 0 Å². The number of ether oxygens (including phenoxy) is 1. The molecule has 0 aliphatic heterocycles. The van der Waals surface area contributed by atoms with Gasteiger partial charge in [-0.05, 0) is 38.0 Å². The number of fused-ring (bicyclic) bond motifs is 1. The van der Waals surface area contributed by atoms with Gasteiger partial charge in [0.05, 0.1) is 40.4 Å². The molecule has 2 aromatic carbocycles. The first-order valence-electron chi connectivity index (χ1n) is 8.81. The Morgan fingerprint density at radius 1 is 1.20 bits per heavy atom. The number of alkyl halides is 3. The second kappa shape index (κ2) is 7.12. The second-order valence-electron chi connectivity index (χ2n) is 7.36. The van der Waals surface area contributed by atoms with Gasteiger partial charge in [0.25, 0.3) is 5.69 Å². The lowest BCUT2D eigenvalue weighted by atomic mass is 9.84. The standard InChI is InChI=1S/C20H18F3N3O4/c1-11-7-12(19(2,3)18(27)30-4)5-6-16(11)25-17-9-13(26(28)29)8-15(20(21,22)23)14(17)10-24-25/h5-10H,1-4H3. The van der Waals surface area contributed by atoms with Crippen LogP contribution in [0.2, 0.25) is 0 Å². The molecule has 1 heterocycles. The Morgan fingerprint density at radius 3 is 2.40 bits per heavy atom. The van der Waals surface area contributed by atoms with E-state index in [-0.39, 0.29) is 10.9 Å². The third-order valence-electron chi connectivity index (χ3n) is 5.03. The highest BCUT2D eigenvalue weighted by atomic mass is 19.4. The van der Waals surface area contributed by atoms with Crippen molar-refractivity contribution < 1.29 is 27.6 Å². The van der Waals surface area contributed by atoms with Crippen molar-refractivity contribution in [2.24, 2.45) is 0 Å². The number of aryl methyl sites for hydroxylation is 1. The van der Waals surface area contributed by atoms with Crippen molar-refractivity contribution in [3.05, 3.63) is 63.3 Å². The molecule has 0 atom stereocenters. The third-order valence-corrected chi connectivity index (χ3v) is 5.03. The molecule has 0 N–H and O–H groups in total. The number of halogens is 3. The number of benzene rings is 2. The van der Waals surface area contributed by atoms with Crippen LogP contribution in [-0.4, -0.2) is 27.8 Å². The van der Waals surface area contributed by atoms with Crippen molar-refractivity contribution in [1.82, 2.24) is 9.78 Å². The van der Waals surface area contributed by atoms with Crippen LogP contribution in [0.5, 0.6) is 0 Å². The van der Waals surface area contributed by atoms with Crippen molar-refractivity contribution in [3.63, 3.8) is 0 Å². The van der Waals surface area contributed by atoms with Crippen LogP contribution >= 0.6 is 0 Å². The number of non-ortho nitro benzene ring substituents is 1. The highest BCUT2D eigenvalue weighted by molar-refractivity contribution is 5.87. The number of hydrogen-bond acceptors (Lipinski definition) is 5. The monoisotopic (exact) mass is 421 g/mol. The summed E-state index contributed by atoms with van der Waals surface area (Å²) < 4.78 is 46.4. The average molecular weight is 421 g/mol. The first-order valence-corrected chi connectivity index (χ1v) is 8.81. The zero-order valence-corrected chi connectivity index (χ0v) is 16.6. The third kappa shape index (κ3) is 3.49. The van der Waals surface area contributed by atoms with Gasteiger partial charge in [-0.1, -0.05) is 12.1 Å². The fourth-order valence-corrected chi connectivity index (χ4v) is 3.30. The van der Waals surface area contributed by atoms with Crippen LogP contribution < -0.4 is 0 Å². The molecule has 1 aromatic heterocycles. The minimum Gasteiger partial charge on any atom is -0.468 e. The van der Waals surface area contributed by atoms with Crippen molar-refractivity contribution >= 4 is 22.6 Å². The van der Waals surface area contributed by atoms with Gasteiger partial charge in [0.15, 0.2) is 0 Å². The number of aromatic nitrogens is 2. The van der Waals surface area contributed by atoms with E-state index in [1.807, 2.05) is 0 Å². The van der Waals surface area contributed by atoms with Gasteiger partial charge in [0, 0.05) is 17.5 Å². The van der Waals surface area contributed by atoms with E-state index in [1.165, 1.54) is 11.8 Å². The van der Waals surface area contributed by atoms with Crippen molar-refractivity contribution in [1.29, 1.82) is 0 Å². The normalized spacial score (nSPS) is 12.2. The number of nitro groups is 1. The smallest absolute Gasteiger partial charge is 0.417 e. The zero-order valence-electron chi connectivity index (χ0n) is 16.6. The molecule has 7 nitrogen and oxygen atoms in total. The minimum atomic E-state index is -4.78. The molecular formula is C20H18F3N3O4. The molecule has 0 saturated heterocycles. The Balaban J connectivity index is 2.22. The van der Waals surface area contributed by atoms with Crippen molar-refractivity contribution in [2.75, 3.05) is 7.11 Å². The maximum absolute atomic E-state index is 13.4. The number of carbonyl (C=O) groups excluding carboxylic acids is 1. The summed E-state index contributed by atoms with van der Waals surface area (Å²) in [5.41, 5.74) is -1.09. The van der Waals surface area contributed by atoms with E-state index in [0.717, 1.165) is 12.3 Å². The summed E-state index contributed by atoms with van der Waals surface area (Å²) in [6.07, 6.45) is -3.74. The summed E-state index contributed by atoms with van der Waals surface area (Å²) in [5, 5.41) is 15.0. The van der Waals surface area contributed by atoms with Crippen LogP contribution in [0.1, 0.15) is 30.5 Å². The molecule has 0 spiro atoms. The first-order chi connectivity index (χ1) is 13.9. The summed E-state index contributed by atoms with van der Waals surface area (Å²) in [7, 11) is 1.28. The molecule has 0 saturated carbocycles. The van der Waals surface area contributed by atoms with E-state index in [2.05, 4.69) is 5.10 Å². The highest BCUT2D eigenvalue weighted by Crippen LogP contribution is 2.38. The molecule has 0 amide bonds. The van der Waals surface area contributed by atoms with Gasteiger partial charge in [0.2, 0.25) is 0 Å². The van der Waals surface area contributed by atoms with Gasteiger partial charge in [-0.2, -0.15) is 18.3 Å². The molecule has 0 bridgehead atoms. The van der Waals surface area contributed by atoms with E-state index in [4.69, 9.17) is 4.74 Å². The molecule has 0 fully saturated rings. The highest BCUT2D eigenvalue weighted by Gasteiger charge is 2.36. The lowest BCUT2D eigenvalue weighted by Gasteiger charge is -2.23. The Morgan fingerprint density at radius 2 is 1.87 bits per heavy atom. The van der Waals surface area contributed by atoms with Crippen LogP contribution in [0.25, 0.3) is 16.6 Å². The second-order valence-corrected chi connectivity index (χ2v) is 7.36. The Kier molecular flexibility index (Phi) is 5.05. The summed E-state index contributed by atoms with van der Waals surface area (Å²) in [5.74, 6) is -0.440. The largest absolute Gasteiger partial charge is 0.468 e. The molecule has 0 unspecified atom stereocenters. The molecule has 0 aliphatic carbocycles. The van der Waals surface area contributed by atoms with Crippen molar-refractivity contribution in [2.45, 2.75) is 32.4 Å². The number of hydrogen-bond donors (Lipinski definition) is 0. The molecular weight excluding hydrogens is 403 g/mol. The van der Waals surface area contributed by atoms with Gasteiger partial charge >= 0.3 is 12.1 Å². The molecule has 30 heavy (non-hydrogen) atoms. The van der Waals surface area contributed by atoms with E-state index >= 15 is 0 Å². The number of carbonyl (C=O) groups is 1. The lowest BCUT2D eigenvalue weighted by Crippen LogP contribution is -2.30. The molecule has 158 valence electrons. The molecule has 10 heteroatoms. The SMILES string of the molecule is COC(=O)C(C)(C)c1ccc(-n2ncc3c(C(F)(F)F)cc([N+](=O)[O-])cc32)c(C)c1. The predicted octanol–water partition coefficient (Wildman–Crippen LogP) is 4.71. The first kappa shape index (κ1) is 21.3. The van der Waals surface area contributed by atoms with E-state index in [0.29, 0.717) is 22.9 Å². The average Bonchev–Trinajstić information content (AvgIpc) is 3.09. The fourth-order valence-electron chi connectivity index (χ4n) is 3.30. The summed E-state index contributed by atoms with van der Waals surface area (Å²) in [4.78, 5) is 22.4. The van der Waals surface area contributed by atoms with E-state index < -0.39 is 33.7 Å². The molecule has 0 aliphatic rings. The van der Waals surface area contributed by atoms with Crippen LogP contribution in [0, 0.1) is 17.0 Å². The maximum Gasteiger partial charge on any atom is 0.417 e. The maximum atomic E-state index is 13.4. The Labute approximate surface area is 169 Å². The zero-order chi connectivity index (χ0) is 22.4. The Bertz CT molecular complexity index is 1170. The van der Waals surface area contributed by atoms with E-state index in [9.17, 15) is 28.1 Å². The van der Waals surface area contributed by atoms with Crippen molar-refractivity contribution in [3.8, 4) is 5.69 Å². The van der Waals surface area contributed by atoms with Gasteiger partial charge in [-0.25, -0.2) is 4.68 Å². The number of methoxy groups -OCH3 is 1. The van der Waals surface area contributed by atoms with Crippen LogP contribution in [0.15, 0.2) is 36.5 Å². The fraction of sp³-hybridized carbons (Fsp3) is 0.300. The summed E-state index contributed by atoms with van der Waals surface area (Å²) >= 11 is 0. The van der Waals surface area contributed by atoms with Crippen LogP contribution in [0.4, 0.5) is 18.9 Å². The number of rotatable bonds is 4. The number of nitro benzene ring substituents is 1. The lowest BCUT2D eigenvalue weighted by molar-refractivity contribution is -0.385. The van der Waals surface area contributed by atoms with Gasteiger partial charge in [-0.3, -0.25) is 14.9 Å². The molecule has 3 aromatic rings. The van der Waals surface area contributed by atoms with Gasteiger partial charge < -0.3 is 4.74 Å².